The zero-order chi connectivity index (χ0) is 24.3. The van der Waals surface area contributed by atoms with Gasteiger partial charge in [0.05, 0.1) is 38.2 Å². The van der Waals surface area contributed by atoms with Crippen LogP contribution in [0.4, 0.5) is 0 Å². The van der Waals surface area contributed by atoms with Crippen LogP contribution in [0.5, 0.6) is 0 Å². The van der Waals surface area contributed by atoms with E-state index < -0.39 is 0 Å². The quantitative estimate of drug-likeness (QED) is 0.294. The van der Waals surface area contributed by atoms with E-state index in [1.54, 1.807) is 4.90 Å². The third-order valence-corrected chi connectivity index (χ3v) is 7.94. The smallest absolute Gasteiger partial charge is 0.319 e. The number of hydrogen-bond acceptors (Lipinski definition) is 5. The predicted molar refractivity (Wildman–Crippen MR) is 135 cm³/mol. The molecule has 0 aliphatic rings. The first kappa shape index (κ1) is 25.5. The maximum Gasteiger partial charge on any atom is 0.319 e. The van der Waals surface area contributed by atoms with Gasteiger partial charge in [-0.05, 0) is 61.7 Å². The van der Waals surface area contributed by atoms with E-state index in [1.165, 1.54) is 34.5 Å². The monoisotopic (exact) mass is 478 g/mol. The Labute approximate surface area is 205 Å². The molecule has 3 aromatic carbocycles. The zero-order valence-electron chi connectivity index (χ0n) is 20.0. The average molecular weight is 479 g/mol. The number of carbonyl (C=O) groups is 2. The van der Waals surface area contributed by atoms with Gasteiger partial charge in [-0.3, -0.25) is 14.5 Å². The fourth-order valence-corrected chi connectivity index (χ4v) is 5.78. The fourth-order valence-electron chi connectivity index (χ4n) is 3.70. The van der Waals surface area contributed by atoms with Crippen LogP contribution in [-0.4, -0.2) is 50.2 Å². The molecule has 1 atom stereocenters. The molecule has 0 spiro atoms. The number of rotatable bonds is 11. The fraction of sp³-hybridized carbons (Fsp3) is 0.286. The summed E-state index contributed by atoms with van der Waals surface area (Å²) in [6.07, 6.45) is 1.64. The van der Waals surface area contributed by atoms with Crippen molar-refractivity contribution in [2.45, 2.75) is 40.5 Å². The van der Waals surface area contributed by atoms with Crippen molar-refractivity contribution in [1.82, 2.24) is 4.90 Å². The molecule has 0 aliphatic carbocycles. The van der Waals surface area contributed by atoms with Crippen LogP contribution in [0.1, 0.15) is 18.9 Å². The summed E-state index contributed by atoms with van der Waals surface area (Å²) in [6, 6.07) is 30.0. The van der Waals surface area contributed by atoms with Crippen LogP contribution >= 0.6 is 0 Å². The second kappa shape index (κ2) is 13.0. The lowest BCUT2D eigenvalue weighted by Crippen LogP contribution is -2.41. The van der Waals surface area contributed by atoms with Gasteiger partial charge >= 0.3 is 11.9 Å². The number of ether oxygens (including phenoxy) is 2. The van der Waals surface area contributed by atoms with E-state index in [0.717, 1.165) is 12.8 Å². The van der Waals surface area contributed by atoms with E-state index in [2.05, 4.69) is 72.8 Å². The number of nitrogens with zero attached hydrogens (tertiary/aromatic N) is 1. The summed E-state index contributed by atoms with van der Waals surface area (Å²) >= 11 is 0. The van der Waals surface area contributed by atoms with Crippen molar-refractivity contribution in [3.8, 4) is 0 Å². The third-order valence-electron chi connectivity index (χ3n) is 5.71. The molecule has 0 radical (unpaired) electrons. The van der Waals surface area contributed by atoms with Crippen LogP contribution in [0.15, 0.2) is 99.6 Å². The molecule has 5 nitrogen and oxygen atoms in total. The van der Waals surface area contributed by atoms with Gasteiger partial charge < -0.3 is 9.47 Å². The molecule has 3 rings (SSSR count). The molecule has 0 saturated carbocycles. The molecule has 0 saturated heterocycles. The normalized spacial score (nSPS) is 11.9. The van der Waals surface area contributed by atoms with Crippen LogP contribution in [0, 0.1) is 0 Å². The number of carbonyl (C=O) groups excluding carboxylic acids is 2. The molecule has 6 heteroatoms. The molecule has 0 fully saturated rings. The Balaban J connectivity index is 1.71. The van der Waals surface area contributed by atoms with Crippen molar-refractivity contribution in [1.29, 1.82) is 0 Å². The number of esters is 2. The van der Waals surface area contributed by atoms with Crippen LogP contribution in [0.2, 0.25) is 0 Å². The van der Waals surface area contributed by atoms with E-state index in [0.29, 0.717) is 0 Å². The third kappa shape index (κ3) is 7.20. The van der Waals surface area contributed by atoms with Gasteiger partial charge in [-0.15, -0.1) is 0 Å². The Bertz CT molecular complexity index is 984. The first-order valence-corrected chi connectivity index (χ1v) is 12.5. The molecule has 0 aromatic heterocycles. The van der Waals surface area contributed by atoms with Crippen molar-refractivity contribution in [2.24, 2.45) is 0 Å². The van der Waals surface area contributed by atoms with Gasteiger partial charge in [-0.2, -0.15) is 0 Å². The lowest BCUT2D eigenvalue weighted by atomic mass is 10.1. The lowest BCUT2D eigenvalue weighted by Gasteiger charge is -2.26. The molecule has 1 unspecified atom stereocenters. The largest absolute Gasteiger partial charge is 0.468 e. The van der Waals surface area contributed by atoms with Crippen LogP contribution < -0.4 is 0 Å². The number of benzene rings is 3. The number of hydrogen-bond donors (Lipinski definition) is 0. The van der Waals surface area contributed by atoms with Crippen LogP contribution in [-0.2, 0) is 36.4 Å². The Kier molecular flexibility index (Phi) is 9.74. The van der Waals surface area contributed by atoms with E-state index in [-0.39, 0.29) is 42.0 Å². The molecule has 34 heavy (non-hydrogen) atoms. The summed E-state index contributed by atoms with van der Waals surface area (Å²) in [4.78, 5) is 29.2. The van der Waals surface area contributed by atoms with E-state index in [1.807, 2.05) is 19.1 Å². The van der Waals surface area contributed by atoms with E-state index >= 15 is 0 Å². The summed E-state index contributed by atoms with van der Waals surface area (Å²) in [5.41, 5.74) is 1.22. The van der Waals surface area contributed by atoms with Gasteiger partial charge in [-0.1, -0.05) is 48.5 Å². The summed E-state index contributed by atoms with van der Waals surface area (Å²) < 4.78 is 9.57. The second-order valence-electron chi connectivity index (χ2n) is 8.02. The highest BCUT2D eigenvalue weighted by atomic mass is 32.2. The minimum Gasteiger partial charge on any atom is -0.468 e. The Morgan fingerprint density at radius 3 is 1.62 bits per heavy atom. The molecule has 0 amide bonds. The SMILES string of the molecule is COC(=O)CN(CC(=O)OC)C(C)CCc1ccc([S+](c2ccccc2)c2ccccc2)cc1. The highest BCUT2D eigenvalue weighted by molar-refractivity contribution is 7.97. The summed E-state index contributed by atoms with van der Waals surface area (Å²) in [7, 11) is 2.53. The molecular formula is C28H32NO4S+. The first-order chi connectivity index (χ1) is 16.5. The standard InChI is InChI=1S/C28H32NO4S/c1-22(29(20-27(30)32-2)21-28(31)33-3)14-15-23-16-18-26(19-17-23)34(24-10-6-4-7-11-24)25-12-8-5-9-13-25/h4-13,16-19,22H,14-15,20-21H2,1-3H3/q+1. The molecule has 0 N–H and O–H groups in total. The topological polar surface area (TPSA) is 55.8 Å². The van der Waals surface area contributed by atoms with Crippen LogP contribution in [0.25, 0.3) is 0 Å². The zero-order valence-corrected chi connectivity index (χ0v) is 20.8. The highest BCUT2D eigenvalue weighted by Crippen LogP contribution is 2.31. The Morgan fingerprint density at radius 2 is 1.18 bits per heavy atom. The van der Waals surface area contributed by atoms with Gasteiger partial charge in [0.15, 0.2) is 14.7 Å². The van der Waals surface area contributed by atoms with Gasteiger partial charge in [0.2, 0.25) is 0 Å². The van der Waals surface area contributed by atoms with Crippen molar-refractivity contribution in [3.63, 3.8) is 0 Å². The summed E-state index contributed by atoms with van der Waals surface area (Å²) in [5.74, 6) is -0.733. The van der Waals surface area contributed by atoms with Crippen molar-refractivity contribution in [2.75, 3.05) is 27.3 Å². The van der Waals surface area contributed by atoms with Gasteiger partial charge in [-0.25, -0.2) is 0 Å². The average Bonchev–Trinajstić information content (AvgIpc) is 2.88. The number of aryl methyl sites for hydroxylation is 1. The molecule has 0 aliphatic heterocycles. The Morgan fingerprint density at radius 1 is 0.735 bits per heavy atom. The number of methoxy groups -OCH3 is 2. The maximum absolute atomic E-state index is 11.8. The molecule has 178 valence electrons. The molecule has 3 aromatic rings. The van der Waals surface area contributed by atoms with Gasteiger partial charge in [0.25, 0.3) is 0 Å². The predicted octanol–water partition coefficient (Wildman–Crippen LogP) is 4.75. The lowest BCUT2D eigenvalue weighted by molar-refractivity contribution is -0.146. The molecule has 0 bridgehead atoms. The minimum absolute atomic E-state index is 0.0149. The van der Waals surface area contributed by atoms with E-state index in [4.69, 9.17) is 9.47 Å². The Hall–Kier alpha value is -3.09. The first-order valence-electron chi connectivity index (χ1n) is 11.3. The van der Waals surface area contributed by atoms with Crippen molar-refractivity contribution < 1.29 is 19.1 Å². The highest BCUT2D eigenvalue weighted by Gasteiger charge is 2.28. The molecule has 0 heterocycles. The maximum atomic E-state index is 11.8. The van der Waals surface area contributed by atoms with Crippen LogP contribution in [0.3, 0.4) is 0 Å². The minimum atomic E-state index is -0.367. The van der Waals surface area contributed by atoms with Crippen molar-refractivity contribution in [3.05, 3.63) is 90.5 Å². The van der Waals surface area contributed by atoms with Gasteiger partial charge in [0, 0.05) is 6.04 Å². The molecular weight excluding hydrogens is 446 g/mol. The second-order valence-corrected chi connectivity index (χ2v) is 10.0. The van der Waals surface area contributed by atoms with Gasteiger partial charge in [0.1, 0.15) is 0 Å². The van der Waals surface area contributed by atoms with Crippen molar-refractivity contribution >= 4 is 22.8 Å². The summed E-state index contributed by atoms with van der Waals surface area (Å²) in [6.45, 7) is 2.13. The van der Waals surface area contributed by atoms with E-state index in [9.17, 15) is 9.59 Å². The summed E-state index contributed by atoms with van der Waals surface area (Å²) in [5, 5.41) is 0.